The van der Waals surface area contributed by atoms with E-state index in [1.54, 1.807) is 0 Å². The third kappa shape index (κ3) is 4.74. The third-order valence-electron chi connectivity index (χ3n) is 6.08. The molecule has 1 nitrogen and oxygen atoms in total. The van der Waals surface area contributed by atoms with Gasteiger partial charge in [0.1, 0.15) is 34.9 Å². The van der Waals surface area contributed by atoms with E-state index in [9.17, 15) is 5.11 Å². The number of aliphatic hydroxyl groups excluding tert-OH is 1. The molecule has 0 unspecified atom stereocenters. The maximum absolute atomic E-state index is 11.9. The summed E-state index contributed by atoms with van der Waals surface area (Å²) in [4.78, 5) is 0. The molecule has 32 heavy (non-hydrogen) atoms. The van der Waals surface area contributed by atoms with E-state index in [2.05, 4.69) is 110 Å². The fourth-order valence-electron chi connectivity index (χ4n) is 4.74. The molecule has 4 rings (SSSR count). The molecule has 1 N–H and O–H groups in total. The van der Waals surface area contributed by atoms with Crippen LogP contribution in [-0.4, -0.2) is 10.8 Å². The van der Waals surface area contributed by atoms with Gasteiger partial charge < -0.3 is 22.1 Å². The van der Waals surface area contributed by atoms with Gasteiger partial charge in [0.05, 0.1) is 0 Å². The lowest BCUT2D eigenvalue weighted by atomic mass is 10.0. The molecule has 0 amide bonds. The second-order valence-corrected chi connectivity index (χ2v) is 11.6. The Morgan fingerprint density at radius 2 is 0.938 bits per heavy atom. The fourth-order valence-corrected chi connectivity index (χ4v) is 9.95. The molecule has 0 saturated carbocycles. The van der Waals surface area contributed by atoms with Crippen molar-refractivity contribution in [3.63, 3.8) is 0 Å². The van der Waals surface area contributed by atoms with E-state index < -0.39 is 13.4 Å². The van der Waals surface area contributed by atoms with Crippen LogP contribution in [0.15, 0.2) is 121 Å². The first-order valence-electron chi connectivity index (χ1n) is 11.1. The number of aliphatic hydroxyl groups is 1. The maximum atomic E-state index is 11.9. The smallest absolute Gasteiger partial charge is 0.118 e. The van der Waals surface area contributed by atoms with Crippen LogP contribution in [0.4, 0.5) is 0 Å². The normalized spacial score (nSPS) is 13.1. The summed E-state index contributed by atoms with van der Waals surface area (Å²) in [5, 5.41) is 15.8. The van der Waals surface area contributed by atoms with Gasteiger partial charge in [0.25, 0.3) is 0 Å². The summed E-state index contributed by atoms with van der Waals surface area (Å²) in [5.74, 6) is 0. The predicted molar refractivity (Wildman–Crippen MR) is 135 cm³/mol. The average molecular weight is 505 g/mol. The summed E-state index contributed by atoms with van der Waals surface area (Å²) < 4.78 is 0. The summed E-state index contributed by atoms with van der Waals surface area (Å²) in [6.07, 6.45) is 1.42. The highest BCUT2D eigenvalue weighted by atomic mass is 79.9. The van der Waals surface area contributed by atoms with Crippen LogP contribution in [0, 0.1) is 0 Å². The lowest BCUT2D eigenvalue weighted by Crippen LogP contribution is -3.00. The van der Waals surface area contributed by atoms with Gasteiger partial charge in [0.15, 0.2) is 0 Å². The number of benzene rings is 4. The molecule has 0 spiro atoms. The Morgan fingerprint density at radius 1 is 0.594 bits per heavy atom. The van der Waals surface area contributed by atoms with E-state index in [1.807, 2.05) is 18.2 Å². The Morgan fingerprint density at radius 3 is 1.28 bits per heavy atom. The summed E-state index contributed by atoms with van der Waals surface area (Å²) >= 11 is 0. The summed E-state index contributed by atoms with van der Waals surface area (Å²) in [6, 6.07) is 42.8. The Hall–Kier alpha value is -2.25. The van der Waals surface area contributed by atoms with Gasteiger partial charge in [-0.1, -0.05) is 98.3 Å². The highest BCUT2D eigenvalue weighted by molar-refractivity contribution is 7.96. The van der Waals surface area contributed by atoms with Gasteiger partial charge in [0, 0.05) is 0 Å². The van der Waals surface area contributed by atoms with Crippen molar-refractivity contribution in [2.75, 3.05) is 0 Å². The molecule has 0 aliphatic carbocycles. The Balaban J connectivity index is 0.00000289. The van der Waals surface area contributed by atoms with Crippen LogP contribution < -0.4 is 32.9 Å². The number of rotatable bonds is 8. The lowest BCUT2D eigenvalue weighted by molar-refractivity contribution is -0.00000773. The summed E-state index contributed by atoms with van der Waals surface area (Å²) in [6.45, 7) is 2.22. The van der Waals surface area contributed by atoms with Gasteiger partial charge in [-0.2, -0.15) is 0 Å². The standard InChI is InChI=1S/C29H30OP.BrH/c1-2-15-28(29(30)24-16-7-3-8-17-24)31(25-18-9-4-10-19-25,26-20-11-5-12-21-26)27-22-13-6-14-23-27;/h3-14,16-23,28-30H,2,15H2,1H3;1H/q+1;/p-1/t28-,29+;/m1./s1. The molecule has 0 aliphatic rings. The molecule has 0 bridgehead atoms. The van der Waals surface area contributed by atoms with Crippen LogP contribution in [0.3, 0.4) is 0 Å². The minimum atomic E-state index is -2.15. The summed E-state index contributed by atoms with van der Waals surface area (Å²) in [5.41, 5.74) is 1.07. The Bertz CT molecular complexity index is 959. The largest absolute Gasteiger partial charge is 1.00 e. The van der Waals surface area contributed by atoms with Crippen LogP contribution in [0.25, 0.3) is 0 Å². The van der Waals surface area contributed by atoms with E-state index in [-0.39, 0.29) is 22.6 Å². The molecular formula is C29H30BrOP. The van der Waals surface area contributed by atoms with Crippen LogP contribution >= 0.6 is 7.26 Å². The molecule has 3 heteroatoms. The first kappa shape index (κ1) is 24.4. The molecule has 0 radical (unpaired) electrons. The molecule has 0 heterocycles. The molecule has 4 aromatic carbocycles. The molecule has 0 aromatic heterocycles. The maximum Gasteiger partial charge on any atom is 0.118 e. The molecule has 4 aromatic rings. The van der Waals surface area contributed by atoms with Crippen molar-refractivity contribution < 1.29 is 22.1 Å². The van der Waals surface area contributed by atoms with E-state index in [0.717, 1.165) is 18.4 Å². The van der Waals surface area contributed by atoms with Gasteiger partial charge in [-0.25, -0.2) is 0 Å². The van der Waals surface area contributed by atoms with Crippen LogP contribution in [0.5, 0.6) is 0 Å². The quantitative estimate of drug-likeness (QED) is 0.366. The first-order valence-corrected chi connectivity index (χ1v) is 12.9. The van der Waals surface area contributed by atoms with Gasteiger partial charge in [-0.3, -0.25) is 0 Å². The summed E-state index contributed by atoms with van der Waals surface area (Å²) in [7, 11) is -2.15. The molecule has 0 fully saturated rings. The number of halogens is 1. The Kier molecular flexibility index (Phi) is 8.82. The van der Waals surface area contributed by atoms with Gasteiger partial charge in [0.2, 0.25) is 0 Å². The molecular weight excluding hydrogens is 475 g/mol. The molecule has 0 aliphatic heterocycles. The van der Waals surface area contributed by atoms with Crippen LogP contribution in [0.2, 0.25) is 0 Å². The molecule has 2 atom stereocenters. The van der Waals surface area contributed by atoms with E-state index in [0.29, 0.717) is 0 Å². The molecule has 164 valence electrons. The van der Waals surface area contributed by atoms with Gasteiger partial charge in [-0.15, -0.1) is 0 Å². The first-order chi connectivity index (χ1) is 15.3. The average Bonchev–Trinajstić information content (AvgIpc) is 2.86. The Labute approximate surface area is 203 Å². The van der Waals surface area contributed by atoms with E-state index in [4.69, 9.17) is 0 Å². The van der Waals surface area contributed by atoms with Crippen LogP contribution in [0.1, 0.15) is 31.4 Å². The van der Waals surface area contributed by atoms with E-state index >= 15 is 0 Å². The topological polar surface area (TPSA) is 20.2 Å². The van der Waals surface area contributed by atoms with Crippen molar-refractivity contribution in [2.24, 2.45) is 0 Å². The monoisotopic (exact) mass is 504 g/mol. The van der Waals surface area contributed by atoms with Gasteiger partial charge in [-0.05, 0) is 48.4 Å². The predicted octanol–water partition coefficient (Wildman–Crippen LogP) is 2.89. The zero-order valence-electron chi connectivity index (χ0n) is 18.4. The highest BCUT2D eigenvalue weighted by Crippen LogP contribution is 2.64. The zero-order valence-corrected chi connectivity index (χ0v) is 20.9. The SMILES string of the molecule is CCC[C@H]([C@@H](O)c1ccccc1)[P+](c1ccccc1)(c1ccccc1)c1ccccc1.[Br-]. The van der Waals surface area contributed by atoms with Crippen molar-refractivity contribution in [1.82, 2.24) is 0 Å². The second kappa shape index (κ2) is 11.6. The lowest BCUT2D eigenvalue weighted by Gasteiger charge is -2.37. The number of hydrogen-bond donors (Lipinski definition) is 1. The molecule has 0 saturated heterocycles. The zero-order chi connectivity index (χ0) is 21.5. The fraction of sp³-hybridized carbons (Fsp3) is 0.172. The third-order valence-corrected chi connectivity index (χ3v) is 11.0. The highest BCUT2D eigenvalue weighted by Gasteiger charge is 2.54. The minimum Gasteiger partial charge on any atom is -1.00 e. The second-order valence-electron chi connectivity index (χ2n) is 7.94. The van der Waals surface area contributed by atoms with Crippen LogP contribution in [-0.2, 0) is 0 Å². The minimum absolute atomic E-state index is 0. The van der Waals surface area contributed by atoms with Crippen molar-refractivity contribution in [3.8, 4) is 0 Å². The van der Waals surface area contributed by atoms with Crippen molar-refractivity contribution in [3.05, 3.63) is 127 Å². The van der Waals surface area contributed by atoms with E-state index in [1.165, 1.54) is 15.9 Å². The van der Waals surface area contributed by atoms with Crippen molar-refractivity contribution in [2.45, 2.75) is 31.5 Å². The van der Waals surface area contributed by atoms with Crippen molar-refractivity contribution >= 4 is 23.2 Å². The number of hydrogen-bond acceptors (Lipinski definition) is 1. The van der Waals surface area contributed by atoms with Gasteiger partial charge >= 0.3 is 0 Å². The van der Waals surface area contributed by atoms with Crippen molar-refractivity contribution in [1.29, 1.82) is 0 Å².